The Labute approximate surface area is 184 Å². The monoisotopic (exact) mass is 420 g/mol. The fourth-order valence-corrected chi connectivity index (χ4v) is 4.26. The number of hydrogen-bond acceptors (Lipinski definition) is 2. The van der Waals surface area contributed by atoms with E-state index in [1.807, 2.05) is 58.3 Å². The minimum atomic E-state index is -0.0693. The van der Waals surface area contributed by atoms with Crippen LogP contribution in [0.25, 0.3) is 0 Å². The van der Waals surface area contributed by atoms with Gasteiger partial charge in [-0.05, 0) is 83.4 Å². The van der Waals surface area contributed by atoms with Crippen molar-refractivity contribution in [1.82, 2.24) is 9.80 Å². The van der Waals surface area contributed by atoms with Gasteiger partial charge in [0, 0.05) is 11.4 Å². The summed E-state index contributed by atoms with van der Waals surface area (Å²) in [7, 11) is 0. The van der Waals surface area contributed by atoms with Crippen molar-refractivity contribution in [3.05, 3.63) is 59.7 Å². The third-order valence-corrected chi connectivity index (χ3v) is 7.18. The van der Waals surface area contributed by atoms with E-state index in [2.05, 4.69) is 52.2 Å². The van der Waals surface area contributed by atoms with Crippen molar-refractivity contribution in [1.29, 1.82) is 0 Å². The summed E-state index contributed by atoms with van der Waals surface area (Å²) in [6.45, 7) is 12.4. The Morgan fingerprint density at radius 3 is 1.26 bits per heavy atom. The highest BCUT2D eigenvalue weighted by Gasteiger charge is 2.56. The van der Waals surface area contributed by atoms with Crippen LogP contribution in [0.1, 0.15) is 52.7 Å². The van der Waals surface area contributed by atoms with Gasteiger partial charge in [-0.3, -0.25) is 0 Å². The molecule has 4 rings (SSSR count). The highest BCUT2D eigenvalue weighted by molar-refractivity contribution is 5.93. The van der Waals surface area contributed by atoms with Gasteiger partial charge in [0.25, 0.3) is 0 Å². The van der Waals surface area contributed by atoms with Crippen molar-refractivity contribution < 1.29 is 9.59 Å². The lowest BCUT2D eigenvalue weighted by molar-refractivity contribution is 0.234. The lowest BCUT2D eigenvalue weighted by Crippen LogP contribution is -2.24. The summed E-state index contributed by atoms with van der Waals surface area (Å²) in [6, 6.07) is 16.3. The number of amides is 4. The standard InChI is InChI=1S/C25H32N4O2/c1-16-24(3,4)28(16)22(30)26-20-11-7-18(8-12-20)15-19-9-13-21(14-10-19)27-23(31)29-17(2)25(29,5)6/h7-14,16-17H,15H2,1-6H3,(H,26,30)(H,27,31)/t16-,17-,28?,29?/m1/s1. The van der Waals surface area contributed by atoms with Crippen LogP contribution in [-0.2, 0) is 6.42 Å². The summed E-state index contributed by atoms with van der Waals surface area (Å²) in [4.78, 5) is 28.4. The van der Waals surface area contributed by atoms with Crippen LogP contribution in [0.2, 0.25) is 0 Å². The third-order valence-electron chi connectivity index (χ3n) is 7.18. The molecule has 2 aliphatic rings. The van der Waals surface area contributed by atoms with Gasteiger partial charge in [-0.25, -0.2) is 9.59 Å². The zero-order valence-corrected chi connectivity index (χ0v) is 19.2. The van der Waals surface area contributed by atoms with E-state index in [0.29, 0.717) is 0 Å². The average molecular weight is 421 g/mol. The Balaban J connectivity index is 1.30. The number of rotatable bonds is 4. The van der Waals surface area contributed by atoms with Gasteiger partial charge >= 0.3 is 12.1 Å². The van der Waals surface area contributed by atoms with E-state index >= 15 is 0 Å². The highest BCUT2D eigenvalue weighted by atomic mass is 16.2. The molecule has 2 saturated heterocycles. The molecule has 0 radical (unpaired) electrons. The lowest BCUT2D eigenvalue weighted by atomic mass is 10.0. The number of nitrogens with zero attached hydrogens (tertiary/aromatic N) is 2. The van der Waals surface area contributed by atoms with Crippen LogP contribution in [0.4, 0.5) is 21.0 Å². The van der Waals surface area contributed by atoms with Crippen LogP contribution in [-0.4, -0.2) is 45.0 Å². The Hall–Kier alpha value is -3.02. The number of carbonyl (C=O) groups excluding carboxylic acids is 2. The second-order valence-corrected chi connectivity index (χ2v) is 9.83. The first kappa shape index (κ1) is 21.2. The molecule has 4 amide bonds. The summed E-state index contributed by atoms with van der Waals surface area (Å²) in [5.41, 5.74) is 3.79. The zero-order valence-electron chi connectivity index (χ0n) is 19.2. The van der Waals surface area contributed by atoms with Crippen LogP contribution in [0.15, 0.2) is 48.5 Å². The molecule has 31 heavy (non-hydrogen) atoms. The van der Waals surface area contributed by atoms with Crippen molar-refractivity contribution in [3.8, 4) is 0 Å². The predicted octanol–water partition coefficient (Wildman–Crippen LogP) is 5.31. The summed E-state index contributed by atoms with van der Waals surface area (Å²) >= 11 is 0. The second kappa shape index (κ2) is 7.29. The van der Waals surface area contributed by atoms with Crippen LogP contribution in [0, 0.1) is 0 Å². The van der Waals surface area contributed by atoms with E-state index in [1.165, 1.54) is 0 Å². The van der Waals surface area contributed by atoms with E-state index in [4.69, 9.17) is 0 Å². The van der Waals surface area contributed by atoms with E-state index < -0.39 is 0 Å². The van der Waals surface area contributed by atoms with Gasteiger partial charge in [-0.1, -0.05) is 24.3 Å². The van der Waals surface area contributed by atoms with Crippen LogP contribution >= 0.6 is 0 Å². The lowest BCUT2D eigenvalue weighted by Gasteiger charge is -2.11. The molecule has 2 atom stereocenters. The number of anilines is 2. The molecule has 0 bridgehead atoms. The van der Waals surface area contributed by atoms with Crippen LogP contribution < -0.4 is 10.6 Å². The fourth-order valence-electron chi connectivity index (χ4n) is 4.26. The molecule has 2 N–H and O–H groups in total. The first-order valence-electron chi connectivity index (χ1n) is 10.9. The van der Waals surface area contributed by atoms with Crippen molar-refractivity contribution in [3.63, 3.8) is 0 Å². The van der Waals surface area contributed by atoms with E-state index in [1.54, 1.807) is 0 Å². The van der Waals surface area contributed by atoms with Gasteiger partial charge in [0.15, 0.2) is 0 Å². The van der Waals surface area contributed by atoms with Crippen LogP contribution in [0.3, 0.4) is 0 Å². The molecule has 2 aromatic rings. The van der Waals surface area contributed by atoms with Gasteiger partial charge in [0.2, 0.25) is 0 Å². The van der Waals surface area contributed by atoms with E-state index in [9.17, 15) is 9.59 Å². The van der Waals surface area contributed by atoms with Crippen molar-refractivity contribution in [2.45, 2.75) is 71.1 Å². The Morgan fingerprint density at radius 2 is 1.00 bits per heavy atom. The number of urea groups is 2. The van der Waals surface area contributed by atoms with E-state index in [0.717, 1.165) is 28.9 Å². The van der Waals surface area contributed by atoms with Crippen LogP contribution in [0.5, 0.6) is 0 Å². The fraction of sp³-hybridized carbons (Fsp3) is 0.440. The minimum Gasteiger partial charge on any atom is -0.312 e. The van der Waals surface area contributed by atoms with Gasteiger partial charge < -0.3 is 20.4 Å². The second-order valence-electron chi connectivity index (χ2n) is 9.83. The molecule has 2 heterocycles. The van der Waals surface area contributed by atoms with Crippen molar-refractivity contribution in [2.75, 3.05) is 10.6 Å². The largest absolute Gasteiger partial charge is 0.322 e. The number of nitrogens with one attached hydrogen (secondary N) is 2. The SMILES string of the molecule is C[C@H]1N(C(=O)Nc2ccc(Cc3ccc(NC(=O)N4[C@H](C)C4(C)C)cc3)cc2)C1(C)C. The molecule has 2 aliphatic heterocycles. The number of carbonyl (C=O) groups is 2. The summed E-state index contributed by atoms with van der Waals surface area (Å²) in [5.74, 6) is 0. The molecule has 6 nitrogen and oxygen atoms in total. The summed E-state index contributed by atoms with van der Waals surface area (Å²) < 4.78 is 0. The molecule has 0 aliphatic carbocycles. The highest BCUT2D eigenvalue weighted by Crippen LogP contribution is 2.41. The van der Waals surface area contributed by atoms with Crippen molar-refractivity contribution >= 4 is 23.4 Å². The maximum Gasteiger partial charge on any atom is 0.322 e. The zero-order chi connectivity index (χ0) is 22.6. The molecule has 0 saturated carbocycles. The maximum absolute atomic E-state index is 12.4. The van der Waals surface area contributed by atoms with Gasteiger partial charge in [0.1, 0.15) is 0 Å². The molecular formula is C25H32N4O2. The Kier molecular flexibility index (Phi) is 4.99. The first-order valence-corrected chi connectivity index (χ1v) is 10.9. The molecule has 2 fully saturated rings. The molecular weight excluding hydrogens is 388 g/mol. The quantitative estimate of drug-likeness (QED) is 0.659. The topological polar surface area (TPSA) is 64.2 Å². The minimum absolute atomic E-state index is 0.0526. The third kappa shape index (κ3) is 3.99. The molecule has 0 spiro atoms. The smallest absolute Gasteiger partial charge is 0.312 e. The van der Waals surface area contributed by atoms with Gasteiger partial charge in [0.05, 0.1) is 23.2 Å². The normalized spacial score (nSPS) is 22.6. The molecule has 0 aromatic heterocycles. The Morgan fingerprint density at radius 1 is 0.710 bits per heavy atom. The van der Waals surface area contributed by atoms with E-state index in [-0.39, 0.29) is 35.2 Å². The summed E-state index contributed by atoms with van der Waals surface area (Å²) in [6.07, 6.45) is 0.787. The molecule has 0 unspecified atom stereocenters. The predicted molar refractivity (Wildman–Crippen MR) is 124 cm³/mol. The average Bonchev–Trinajstić information content (AvgIpc) is 3.43. The number of hydrogen-bond donors (Lipinski definition) is 2. The molecule has 164 valence electrons. The summed E-state index contributed by atoms with van der Waals surface area (Å²) in [5, 5.41) is 5.94. The Bertz CT molecular complexity index is 914. The van der Waals surface area contributed by atoms with Gasteiger partial charge in [-0.15, -0.1) is 0 Å². The maximum atomic E-state index is 12.4. The number of benzene rings is 2. The first-order chi connectivity index (χ1) is 14.5. The van der Waals surface area contributed by atoms with Gasteiger partial charge in [-0.2, -0.15) is 0 Å². The van der Waals surface area contributed by atoms with Crippen molar-refractivity contribution in [2.24, 2.45) is 0 Å². The molecule has 2 aromatic carbocycles. The molecule has 6 heteroatoms.